The molecule has 2 heterocycles. The third-order valence-electron chi connectivity index (χ3n) is 3.73. The van der Waals surface area contributed by atoms with Crippen LogP contribution in [0.15, 0.2) is 29.4 Å². The van der Waals surface area contributed by atoms with E-state index in [1.54, 1.807) is 7.05 Å². The molecule has 0 unspecified atom stereocenters. The number of hydrazone groups is 1. The molecule has 1 aromatic rings. The van der Waals surface area contributed by atoms with E-state index in [1.165, 1.54) is 5.01 Å². The van der Waals surface area contributed by atoms with Gasteiger partial charge in [-0.25, -0.2) is 5.01 Å². The number of para-hydroxylation sites is 1. The largest absolute Gasteiger partial charge is 0.493 e. The second-order valence-electron chi connectivity index (χ2n) is 5.17. The number of carbonyl (C=O) groups excluding carboxylic acids is 2. The SMILES string of the molecule is CN1N=C(C(=O)N[C@@H]2CCOc3ccccc32)CCC1=O. The normalized spacial score (nSPS) is 21.2. The molecule has 0 radical (unpaired) electrons. The van der Waals surface area contributed by atoms with E-state index in [2.05, 4.69) is 10.4 Å². The maximum atomic E-state index is 12.3. The Hall–Kier alpha value is -2.37. The monoisotopic (exact) mass is 287 g/mol. The summed E-state index contributed by atoms with van der Waals surface area (Å²) >= 11 is 0. The Bertz CT molecular complexity index is 612. The predicted molar refractivity (Wildman–Crippen MR) is 76.9 cm³/mol. The molecule has 0 spiro atoms. The highest BCUT2D eigenvalue weighted by molar-refractivity contribution is 6.39. The Balaban J connectivity index is 1.74. The molecule has 2 aliphatic rings. The van der Waals surface area contributed by atoms with Crippen LogP contribution in [0.4, 0.5) is 0 Å². The minimum Gasteiger partial charge on any atom is -0.493 e. The lowest BCUT2D eigenvalue weighted by Gasteiger charge is -2.27. The third kappa shape index (κ3) is 2.74. The number of hydrogen-bond donors (Lipinski definition) is 1. The Labute approximate surface area is 122 Å². The summed E-state index contributed by atoms with van der Waals surface area (Å²) in [6.45, 7) is 0.576. The highest BCUT2D eigenvalue weighted by Crippen LogP contribution is 2.31. The summed E-state index contributed by atoms with van der Waals surface area (Å²) in [6.07, 6.45) is 1.44. The van der Waals surface area contributed by atoms with Gasteiger partial charge in [-0.05, 0) is 6.07 Å². The smallest absolute Gasteiger partial charge is 0.267 e. The fourth-order valence-electron chi connectivity index (χ4n) is 2.57. The lowest BCUT2D eigenvalue weighted by atomic mass is 10.00. The summed E-state index contributed by atoms with van der Waals surface area (Å²) in [5, 5.41) is 8.27. The minimum absolute atomic E-state index is 0.0667. The van der Waals surface area contributed by atoms with Gasteiger partial charge in [-0.1, -0.05) is 18.2 Å². The first-order valence-corrected chi connectivity index (χ1v) is 7.02. The van der Waals surface area contributed by atoms with E-state index in [-0.39, 0.29) is 17.9 Å². The minimum atomic E-state index is -0.212. The first-order chi connectivity index (χ1) is 10.1. The number of nitrogens with one attached hydrogen (secondary N) is 1. The van der Waals surface area contributed by atoms with Crippen molar-refractivity contribution < 1.29 is 14.3 Å². The number of amides is 2. The van der Waals surface area contributed by atoms with E-state index >= 15 is 0 Å². The molecule has 6 nitrogen and oxygen atoms in total. The summed E-state index contributed by atoms with van der Waals surface area (Å²) < 4.78 is 5.58. The Morgan fingerprint density at radius 2 is 2.19 bits per heavy atom. The Kier molecular flexibility index (Phi) is 3.60. The molecular weight excluding hydrogens is 270 g/mol. The van der Waals surface area contributed by atoms with Crippen LogP contribution in [0.1, 0.15) is 30.9 Å². The quantitative estimate of drug-likeness (QED) is 0.889. The van der Waals surface area contributed by atoms with E-state index in [1.807, 2.05) is 24.3 Å². The van der Waals surface area contributed by atoms with Gasteiger partial charge in [-0.2, -0.15) is 5.10 Å². The molecule has 0 bridgehead atoms. The van der Waals surface area contributed by atoms with Crippen LogP contribution >= 0.6 is 0 Å². The van der Waals surface area contributed by atoms with Gasteiger partial charge in [0.2, 0.25) is 5.91 Å². The van der Waals surface area contributed by atoms with Gasteiger partial charge in [0.1, 0.15) is 11.5 Å². The van der Waals surface area contributed by atoms with Crippen molar-refractivity contribution in [1.82, 2.24) is 10.3 Å². The molecule has 3 rings (SSSR count). The lowest BCUT2D eigenvalue weighted by Crippen LogP contribution is -2.40. The lowest BCUT2D eigenvalue weighted by molar-refractivity contribution is -0.130. The summed E-state index contributed by atoms with van der Waals surface area (Å²) in [6, 6.07) is 7.62. The molecule has 6 heteroatoms. The zero-order chi connectivity index (χ0) is 14.8. The fourth-order valence-corrected chi connectivity index (χ4v) is 2.57. The Morgan fingerprint density at radius 3 is 3.00 bits per heavy atom. The maximum absolute atomic E-state index is 12.3. The first-order valence-electron chi connectivity index (χ1n) is 7.02. The van der Waals surface area contributed by atoms with E-state index in [0.717, 1.165) is 17.7 Å². The van der Waals surface area contributed by atoms with Crippen molar-refractivity contribution in [2.45, 2.75) is 25.3 Å². The molecule has 0 saturated carbocycles. The van der Waals surface area contributed by atoms with Crippen molar-refractivity contribution in [3.05, 3.63) is 29.8 Å². The second kappa shape index (κ2) is 5.55. The van der Waals surface area contributed by atoms with Crippen molar-refractivity contribution in [2.75, 3.05) is 13.7 Å². The zero-order valence-corrected chi connectivity index (χ0v) is 11.8. The molecular formula is C15H17N3O3. The molecule has 0 saturated heterocycles. The third-order valence-corrected chi connectivity index (χ3v) is 3.73. The molecule has 110 valence electrons. The van der Waals surface area contributed by atoms with Crippen molar-refractivity contribution >= 4 is 17.5 Å². The highest BCUT2D eigenvalue weighted by atomic mass is 16.5. The van der Waals surface area contributed by atoms with Gasteiger partial charge in [0, 0.05) is 31.9 Å². The topological polar surface area (TPSA) is 71.0 Å². The number of nitrogens with zero attached hydrogens (tertiary/aromatic N) is 2. The number of fused-ring (bicyclic) bond motifs is 1. The van der Waals surface area contributed by atoms with Crippen LogP contribution in [0, 0.1) is 0 Å². The first kappa shape index (κ1) is 13.6. The van der Waals surface area contributed by atoms with Crippen molar-refractivity contribution in [1.29, 1.82) is 0 Å². The van der Waals surface area contributed by atoms with E-state index in [0.29, 0.717) is 25.2 Å². The van der Waals surface area contributed by atoms with Crippen molar-refractivity contribution in [3.63, 3.8) is 0 Å². The second-order valence-corrected chi connectivity index (χ2v) is 5.17. The number of carbonyl (C=O) groups is 2. The van der Waals surface area contributed by atoms with Crippen LogP contribution in [-0.4, -0.2) is 36.2 Å². The standard InChI is InChI=1S/C15H17N3O3/c1-18-14(19)7-6-12(17-18)15(20)16-11-8-9-21-13-5-3-2-4-10(11)13/h2-5,11H,6-9H2,1H3,(H,16,20)/t11-/m1/s1. The van der Waals surface area contributed by atoms with Crippen molar-refractivity contribution in [2.24, 2.45) is 5.10 Å². The van der Waals surface area contributed by atoms with Crippen molar-refractivity contribution in [3.8, 4) is 5.75 Å². The predicted octanol–water partition coefficient (Wildman–Crippen LogP) is 1.23. The molecule has 2 aliphatic heterocycles. The molecule has 1 N–H and O–H groups in total. The fraction of sp³-hybridized carbons (Fsp3) is 0.400. The average molecular weight is 287 g/mol. The summed E-state index contributed by atoms with van der Waals surface area (Å²) in [7, 11) is 1.57. The molecule has 1 aromatic carbocycles. The van der Waals surface area contributed by atoms with Crippen LogP contribution in [0.25, 0.3) is 0 Å². The van der Waals surface area contributed by atoms with Crippen LogP contribution in [-0.2, 0) is 9.59 Å². The van der Waals surface area contributed by atoms with Crippen LogP contribution in [0.3, 0.4) is 0 Å². The summed E-state index contributed by atoms with van der Waals surface area (Å²) in [5.74, 6) is 0.533. The Morgan fingerprint density at radius 1 is 1.38 bits per heavy atom. The molecule has 0 aliphatic carbocycles. The van der Waals surface area contributed by atoms with Gasteiger partial charge in [0.15, 0.2) is 0 Å². The van der Waals surface area contributed by atoms with E-state index in [9.17, 15) is 9.59 Å². The van der Waals surface area contributed by atoms with Gasteiger partial charge < -0.3 is 10.1 Å². The van der Waals surface area contributed by atoms with E-state index < -0.39 is 0 Å². The van der Waals surface area contributed by atoms with Gasteiger partial charge in [-0.3, -0.25) is 9.59 Å². The number of ether oxygens (including phenoxy) is 1. The average Bonchev–Trinajstić information content (AvgIpc) is 2.50. The van der Waals surface area contributed by atoms with Gasteiger partial charge in [0.25, 0.3) is 5.91 Å². The van der Waals surface area contributed by atoms with Crippen LogP contribution in [0.2, 0.25) is 0 Å². The summed E-state index contributed by atoms with van der Waals surface area (Å²) in [5.41, 5.74) is 1.39. The van der Waals surface area contributed by atoms with Crippen LogP contribution in [0.5, 0.6) is 5.75 Å². The number of rotatable bonds is 2. The molecule has 21 heavy (non-hydrogen) atoms. The van der Waals surface area contributed by atoms with Gasteiger partial charge >= 0.3 is 0 Å². The maximum Gasteiger partial charge on any atom is 0.267 e. The molecule has 2 amide bonds. The molecule has 0 fully saturated rings. The number of hydrogen-bond acceptors (Lipinski definition) is 4. The van der Waals surface area contributed by atoms with E-state index in [4.69, 9.17) is 4.74 Å². The molecule has 1 atom stereocenters. The number of benzene rings is 1. The summed E-state index contributed by atoms with van der Waals surface area (Å²) in [4.78, 5) is 23.7. The van der Waals surface area contributed by atoms with Crippen LogP contribution < -0.4 is 10.1 Å². The highest BCUT2D eigenvalue weighted by Gasteiger charge is 2.27. The van der Waals surface area contributed by atoms with Gasteiger partial charge in [-0.15, -0.1) is 0 Å². The van der Waals surface area contributed by atoms with Gasteiger partial charge in [0.05, 0.1) is 12.6 Å². The zero-order valence-electron chi connectivity index (χ0n) is 11.8. The molecule has 0 aromatic heterocycles.